The fourth-order valence-corrected chi connectivity index (χ4v) is 4.81. The van der Waals surface area contributed by atoms with Gasteiger partial charge in [-0.1, -0.05) is 60.7 Å². The highest BCUT2D eigenvalue weighted by molar-refractivity contribution is 5.75. The van der Waals surface area contributed by atoms with E-state index in [1.807, 2.05) is 4.57 Å². The summed E-state index contributed by atoms with van der Waals surface area (Å²) in [5.41, 5.74) is 3.90. The molecule has 176 valence electrons. The number of nitrogens with zero attached hydrogens (tertiary/aromatic N) is 6. The maximum absolute atomic E-state index is 10.8. The van der Waals surface area contributed by atoms with Crippen LogP contribution in [-0.4, -0.2) is 80.4 Å². The monoisotopic (exact) mass is 458 g/mol. The molecule has 1 unspecified atom stereocenters. The Kier molecular flexibility index (Phi) is 6.80. The summed E-state index contributed by atoms with van der Waals surface area (Å²) in [6.45, 7) is 4.74. The van der Waals surface area contributed by atoms with Crippen molar-refractivity contribution in [2.24, 2.45) is 0 Å². The topological polar surface area (TPSA) is 79.5 Å². The standard InChI is InChI=1S/C26H30N6O2/c1-34-26-23-25(27-18-28-26)32(19-29-23)17-22(33)16-30-12-14-31(15-13-30)24(20-8-4-2-5-9-20)21-10-6-3-7-11-21/h2-11,18-19,22,24,33H,12-17H2,1H3. The van der Waals surface area contributed by atoms with Crippen LogP contribution in [0.1, 0.15) is 17.2 Å². The molecule has 34 heavy (non-hydrogen) atoms. The number of aliphatic hydroxyl groups excluding tert-OH is 1. The molecule has 0 radical (unpaired) electrons. The van der Waals surface area contributed by atoms with E-state index in [2.05, 4.69) is 85.4 Å². The minimum atomic E-state index is -0.524. The van der Waals surface area contributed by atoms with E-state index < -0.39 is 6.10 Å². The first-order valence-corrected chi connectivity index (χ1v) is 11.7. The van der Waals surface area contributed by atoms with Gasteiger partial charge in [0.2, 0.25) is 5.88 Å². The van der Waals surface area contributed by atoms with E-state index in [1.54, 1.807) is 13.4 Å². The van der Waals surface area contributed by atoms with Gasteiger partial charge in [-0.2, -0.15) is 4.98 Å². The number of hydrogen-bond donors (Lipinski definition) is 1. The molecule has 1 saturated heterocycles. The number of fused-ring (bicyclic) bond motifs is 1. The van der Waals surface area contributed by atoms with Crippen LogP contribution in [0.4, 0.5) is 0 Å². The lowest BCUT2D eigenvalue weighted by Crippen LogP contribution is -2.50. The molecule has 1 atom stereocenters. The molecule has 0 saturated carbocycles. The average Bonchev–Trinajstić information content (AvgIpc) is 3.29. The summed E-state index contributed by atoms with van der Waals surface area (Å²) in [5.74, 6) is 0.445. The minimum absolute atomic E-state index is 0.237. The lowest BCUT2D eigenvalue weighted by atomic mass is 9.96. The highest BCUT2D eigenvalue weighted by Gasteiger charge is 2.27. The van der Waals surface area contributed by atoms with Crippen molar-refractivity contribution in [3.63, 3.8) is 0 Å². The summed E-state index contributed by atoms with van der Waals surface area (Å²) < 4.78 is 7.12. The van der Waals surface area contributed by atoms with Gasteiger partial charge in [0.05, 0.1) is 32.1 Å². The van der Waals surface area contributed by atoms with Crippen LogP contribution < -0.4 is 4.74 Å². The number of imidazole rings is 1. The number of piperazine rings is 1. The second kappa shape index (κ2) is 10.3. The molecule has 1 fully saturated rings. The van der Waals surface area contributed by atoms with Crippen LogP contribution in [0.5, 0.6) is 5.88 Å². The van der Waals surface area contributed by atoms with Crippen LogP contribution in [0, 0.1) is 0 Å². The normalized spacial score (nSPS) is 16.2. The zero-order chi connectivity index (χ0) is 23.3. The number of aliphatic hydroxyl groups is 1. The first kappa shape index (κ1) is 22.5. The van der Waals surface area contributed by atoms with Gasteiger partial charge in [0.1, 0.15) is 6.33 Å². The van der Waals surface area contributed by atoms with Crippen molar-refractivity contribution >= 4 is 11.2 Å². The number of aromatic nitrogens is 4. The first-order valence-electron chi connectivity index (χ1n) is 11.7. The van der Waals surface area contributed by atoms with Crippen LogP contribution in [0.15, 0.2) is 73.3 Å². The largest absolute Gasteiger partial charge is 0.479 e. The molecule has 5 rings (SSSR count). The van der Waals surface area contributed by atoms with Crippen molar-refractivity contribution in [3.05, 3.63) is 84.4 Å². The predicted molar refractivity (Wildman–Crippen MR) is 131 cm³/mol. The summed E-state index contributed by atoms with van der Waals surface area (Å²) in [6, 6.07) is 21.6. The van der Waals surface area contributed by atoms with Gasteiger partial charge in [0.15, 0.2) is 11.2 Å². The lowest BCUT2D eigenvalue weighted by molar-refractivity contribution is 0.0560. The Balaban J connectivity index is 1.22. The van der Waals surface area contributed by atoms with E-state index in [9.17, 15) is 5.11 Å². The zero-order valence-electron chi connectivity index (χ0n) is 19.4. The van der Waals surface area contributed by atoms with Crippen LogP contribution in [0.3, 0.4) is 0 Å². The molecule has 0 bridgehead atoms. The second-order valence-electron chi connectivity index (χ2n) is 8.67. The van der Waals surface area contributed by atoms with E-state index in [1.165, 1.54) is 17.5 Å². The molecular formula is C26H30N6O2. The third kappa shape index (κ3) is 4.79. The maximum atomic E-state index is 10.8. The van der Waals surface area contributed by atoms with E-state index in [-0.39, 0.29) is 6.04 Å². The number of rotatable bonds is 8. The Morgan fingerprint density at radius 2 is 1.50 bits per heavy atom. The smallest absolute Gasteiger partial charge is 0.245 e. The second-order valence-corrected chi connectivity index (χ2v) is 8.67. The van der Waals surface area contributed by atoms with Crippen molar-refractivity contribution in [3.8, 4) is 5.88 Å². The van der Waals surface area contributed by atoms with Crippen molar-refractivity contribution in [1.82, 2.24) is 29.3 Å². The Morgan fingerprint density at radius 3 is 2.12 bits per heavy atom. The summed E-state index contributed by atoms with van der Waals surface area (Å²) in [7, 11) is 1.56. The van der Waals surface area contributed by atoms with Gasteiger partial charge < -0.3 is 14.4 Å². The van der Waals surface area contributed by atoms with Crippen molar-refractivity contribution < 1.29 is 9.84 Å². The highest BCUT2D eigenvalue weighted by Crippen LogP contribution is 2.29. The quantitative estimate of drug-likeness (QED) is 0.435. The molecule has 2 aromatic heterocycles. The number of benzene rings is 2. The Morgan fingerprint density at radius 1 is 0.853 bits per heavy atom. The third-order valence-corrected chi connectivity index (χ3v) is 6.44. The average molecular weight is 459 g/mol. The molecule has 1 aliphatic rings. The van der Waals surface area contributed by atoms with Gasteiger partial charge in [-0.15, -0.1) is 0 Å². The molecule has 1 N–H and O–H groups in total. The van der Waals surface area contributed by atoms with Crippen LogP contribution >= 0.6 is 0 Å². The fraction of sp³-hybridized carbons (Fsp3) is 0.346. The molecule has 0 amide bonds. The molecule has 8 nitrogen and oxygen atoms in total. The van der Waals surface area contributed by atoms with Gasteiger partial charge in [-0.05, 0) is 11.1 Å². The minimum Gasteiger partial charge on any atom is -0.479 e. The number of ether oxygens (including phenoxy) is 1. The van der Waals surface area contributed by atoms with Crippen LogP contribution in [-0.2, 0) is 6.54 Å². The van der Waals surface area contributed by atoms with E-state index >= 15 is 0 Å². The highest BCUT2D eigenvalue weighted by atomic mass is 16.5. The molecule has 4 aromatic rings. The molecular weight excluding hydrogens is 428 g/mol. The summed E-state index contributed by atoms with van der Waals surface area (Å²) >= 11 is 0. The van der Waals surface area contributed by atoms with E-state index in [4.69, 9.17) is 4.74 Å². The van der Waals surface area contributed by atoms with Gasteiger partial charge in [0, 0.05) is 32.7 Å². The first-order chi connectivity index (χ1) is 16.7. The molecule has 0 aliphatic carbocycles. The van der Waals surface area contributed by atoms with Crippen molar-refractivity contribution in [1.29, 1.82) is 0 Å². The van der Waals surface area contributed by atoms with Gasteiger partial charge in [-0.3, -0.25) is 9.80 Å². The molecule has 3 heterocycles. The predicted octanol–water partition coefficient (Wildman–Crippen LogP) is 2.60. The SMILES string of the molecule is COc1ncnc2c1ncn2CC(O)CN1CCN(C(c2ccccc2)c2ccccc2)CC1. The van der Waals surface area contributed by atoms with E-state index in [0.29, 0.717) is 30.1 Å². The van der Waals surface area contributed by atoms with Crippen LogP contribution in [0.2, 0.25) is 0 Å². The molecule has 8 heteroatoms. The van der Waals surface area contributed by atoms with Gasteiger partial charge in [-0.25, -0.2) is 9.97 Å². The van der Waals surface area contributed by atoms with Crippen molar-refractivity contribution in [2.75, 3.05) is 39.8 Å². The summed E-state index contributed by atoms with van der Waals surface area (Å²) in [4.78, 5) is 17.6. The van der Waals surface area contributed by atoms with Crippen molar-refractivity contribution in [2.45, 2.75) is 18.7 Å². The number of methoxy groups -OCH3 is 1. The summed E-state index contributed by atoms with van der Waals surface area (Å²) in [5, 5.41) is 10.8. The third-order valence-electron chi connectivity index (χ3n) is 6.44. The zero-order valence-corrected chi connectivity index (χ0v) is 19.4. The molecule has 2 aromatic carbocycles. The fourth-order valence-electron chi connectivity index (χ4n) is 4.81. The lowest BCUT2D eigenvalue weighted by Gasteiger charge is -2.40. The number of β-amino-alcohol motifs (C(OH)–C–C–N with tert-alkyl or cyclic N) is 1. The summed E-state index contributed by atoms with van der Waals surface area (Å²) in [6.07, 6.45) is 2.62. The Labute approximate surface area is 199 Å². The van der Waals surface area contributed by atoms with Gasteiger partial charge >= 0.3 is 0 Å². The van der Waals surface area contributed by atoms with Gasteiger partial charge in [0.25, 0.3) is 0 Å². The molecule has 0 spiro atoms. The molecule has 1 aliphatic heterocycles. The Bertz CT molecular complexity index is 1150. The number of hydrogen-bond acceptors (Lipinski definition) is 7. The van der Waals surface area contributed by atoms with E-state index in [0.717, 1.165) is 26.2 Å². The Hall–Kier alpha value is -3.33. The van der Waals surface area contributed by atoms with Crippen LogP contribution in [0.25, 0.3) is 11.2 Å². The maximum Gasteiger partial charge on any atom is 0.245 e.